The first-order chi connectivity index (χ1) is 8.40. The van der Waals surface area contributed by atoms with Gasteiger partial charge in [-0.05, 0) is 12.0 Å². The van der Waals surface area contributed by atoms with Crippen LogP contribution in [0.1, 0.15) is 42.9 Å². The van der Waals surface area contributed by atoms with Gasteiger partial charge in [0.25, 0.3) is 0 Å². The molecule has 0 radical (unpaired) electrons. The highest BCUT2D eigenvalue weighted by Gasteiger charge is 2.17. The maximum absolute atomic E-state index is 13.5. The number of benzene rings is 1. The summed E-state index contributed by atoms with van der Waals surface area (Å²) in [5.41, 5.74) is 0.661. The molecule has 18 heavy (non-hydrogen) atoms. The molecular weight excluding hydrogens is 235 g/mol. The predicted molar refractivity (Wildman–Crippen MR) is 66.3 cm³/mol. The van der Waals surface area contributed by atoms with Gasteiger partial charge in [-0.2, -0.15) is 0 Å². The molecule has 1 unspecified atom stereocenters. The molecule has 0 bridgehead atoms. The van der Waals surface area contributed by atoms with E-state index in [-0.39, 0.29) is 11.5 Å². The highest BCUT2D eigenvalue weighted by molar-refractivity contribution is 5.92. The zero-order valence-corrected chi connectivity index (χ0v) is 10.5. The standard InChI is InChI=1S/C13H15FN2O2/c1-6(2)7(3)12-15-10-4-8(13(17)18)9(14)5-11(10)16-12/h4-7H,1-3H3,(H,15,16)(H,17,18). The molecule has 0 aliphatic rings. The van der Waals surface area contributed by atoms with Crippen LogP contribution in [0.15, 0.2) is 12.1 Å². The molecule has 5 heteroatoms. The van der Waals surface area contributed by atoms with E-state index in [9.17, 15) is 9.18 Å². The van der Waals surface area contributed by atoms with Crippen molar-refractivity contribution in [2.45, 2.75) is 26.7 Å². The third kappa shape index (κ3) is 2.08. The zero-order valence-electron chi connectivity index (χ0n) is 10.5. The van der Waals surface area contributed by atoms with Gasteiger partial charge in [0.15, 0.2) is 0 Å². The van der Waals surface area contributed by atoms with E-state index in [1.54, 1.807) is 0 Å². The number of carboxylic acid groups (broad SMARTS) is 1. The highest BCUT2D eigenvalue weighted by atomic mass is 19.1. The summed E-state index contributed by atoms with van der Waals surface area (Å²) in [7, 11) is 0. The number of carbonyl (C=O) groups is 1. The normalized spacial score (nSPS) is 13.2. The van der Waals surface area contributed by atoms with Gasteiger partial charge >= 0.3 is 5.97 Å². The van der Waals surface area contributed by atoms with Crippen molar-refractivity contribution in [3.63, 3.8) is 0 Å². The second-order valence-corrected chi connectivity index (χ2v) is 4.81. The fourth-order valence-corrected chi connectivity index (χ4v) is 1.75. The number of aromatic amines is 1. The Labute approximate surface area is 104 Å². The first kappa shape index (κ1) is 12.5. The molecule has 1 atom stereocenters. The van der Waals surface area contributed by atoms with Gasteiger partial charge in [-0.25, -0.2) is 14.2 Å². The monoisotopic (exact) mass is 250 g/mol. The van der Waals surface area contributed by atoms with Gasteiger partial charge in [0.2, 0.25) is 0 Å². The molecule has 1 aromatic heterocycles. The maximum Gasteiger partial charge on any atom is 0.338 e. The van der Waals surface area contributed by atoms with Crippen LogP contribution in [-0.2, 0) is 0 Å². The Morgan fingerprint density at radius 3 is 2.61 bits per heavy atom. The van der Waals surface area contributed by atoms with Crippen LogP contribution in [0, 0.1) is 11.7 Å². The molecule has 0 aliphatic heterocycles. The third-order valence-corrected chi connectivity index (χ3v) is 3.25. The number of aromatic carboxylic acids is 1. The van der Waals surface area contributed by atoms with E-state index in [1.165, 1.54) is 12.1 Å². The molecule has 1 aromatic carbocycles. The van der Waals surface area contributed by atoms with Crippen molar-refractivity contribution in [3.8, 4) is 0 Å². The average molecular weight is 250 g/mol. The quantitative estimate of drug-likeness (QED) is 0.879. The van der Waals surface area contributed by atoms with Gasteiger partial charge in [-0.1, -0.05) is 20.8 Å². The minimum Gasteiger partial charge on any atom is -0.478 e. The molecule has 2 aromatic rings. The molecule has 2 N–H and O–H groups in total. The summed E-state index contributed by atoms with van der Waals surface area (Å²) in [5.74, 6) is -0.678. The summed E-state index contributed by atoms with van der Waals surface area (Å²) in [4.78, 5) is 18.2. The lowest BCUT2D eigenvalue weighted by molar-refractivity contribution is 0.0692. The van der Waals surface area contributed by atoms with Crippen LogP contribution in [0.2, 0.25) is 0 Å². The fraction of sp³-hybridized carbons (Fsp3) is 0.385. The van der Waals surface area contributed by atoms with E-state index in [0.29, 0.717) is 17.0 Å². The van der Waals surface area contributed by atoms with Crippen LogP contribution in [0.5, 0.6) is 0 Å². The summed E-state index contributed by atoms with van der Waals surface area (Å²) in [5, 5.41) is 8.85. The summed E-state index contributed by atoms with van der Waals surface area (Å²) >= 11 is 0. The van der Waals surface area contributed by atoms with Gasteiger partial charge in [-0.15, -0.1) is 0 Å². The van der Waals surface area contributed by atoms with Gasteiger partial charge < -0.3 is 10.1 Å². The van der Waals surface area contributed by atoms with Gasteiger partial charge in [0.1, 0.15) is 11.6 Å². The number of nitrogens with zero attached hydrogens (tertiary/aromatic N) is 1. The first-order valence-electron chi connectivity index (χ1n) is 5.82. The largest absolute Gasteiger partial charge is 0.478 e. The van der Waals surface area contributed by atoms with Gasteiger partial charge in [0.05, 0.1) is 16.6 Å². The van der Waals surface area contributed by atoms with E-state index in [1.807, 2.05) is 6.92 Å². The van der Waals surface area contributed by atoms with E-state index < -0.39 is 11.8 Å². The van der Waals surface area contributed by atoms with Crippen LogP contribution in [0.3, 0.4) is 0 Å². The maximum atomic E-state index is 13.5. The highest BCUT2D eigenvalue weighted by Crippen LogP contribution is 2.25. The Bertz CT molecular complexity index is 604. The first-order valence-corrected chi connectivity index (χ1v) is 5.82. The molecule has 0 amide bonds. The number of nitrogens with one attached hydrogen (secondary N) is 1. The smallest absolute Gasteiger partial charge is 0.338 e. The minimum atomic E-state index is -1.28. The average Bonchev–Trinajstić information content (AvgIpc) is 2.68. The van der Waals surface area contributed by atoms with Crippen molar-refractivity contribution >= 4 is 17.0 Å². The molecule has 0 saturated carbocycles. The van der Waals surface area contributed by atoms with E-state index in [2.05, 4.69) is 23.8 Å². The lowest BCUT2D eigenvalue weighted by atomic mass is 9.98. The van der Waals surface area contributed by atoms with E-state index >= 15 is 0 Å². The molecule has 0 spiro atoms. The Kier molecular flexibility index (Phi) is 3.07. The second kappa shape index (κ2) is 4.40. The Morgan fingerprint density at radius 2 is 2.06 bits per heavy atom. The Morgan fingerprint density at radius 1 is 1.39 bits per heavy atom. The minimum absolute atomic E-state index is 0.203. The van der Waals surface area contributed by atoms with Gasteiger partial charge in [0, 0.05) is 12.0 Å². The van der Waals surface area contributed by atoms with Crippen LogP contribution in [-0.4, -0.2) is 21.0 Å². The topological polar surface area (TPSA) is 66.0 Å². The molecular formula is C13H15FN2O2. The summed E-state index contributed by atoms with van der Waals surface area (Å²) in [6.45, 7) is 6.17. The molecule has 4 nitrogen and oxygen atoms in total. The SMILES string of the molecule is CC(C)C(C)c1nc2cc(C(=O)O)c(F)cc2[nH]1. The van der Waals surface area contributed by atoms with Crippen molar-refractivity contribution in [1.82, 2.24) is 9.97 Å². The second-order valence-electron chi connectivity index (χ2n) is 4.81. The Hall–Kier alpha value is -1.91. The van der Waals surface area contributed by atoms with E-state index in [0.717, 1.165) is 5.82 Å². The van der Waals surface area contributed by atoms with Crippen molar-refractivity contribution in [1.29, 1.82) is 0 Å². The lowest BCUT2D eigenvalue weighted by Crippen LogP contribution is -2.03. The summed E-state index contributed by atoms with van der Waals surface area (Å²) in [6.07, 6.45) is 0. The van der Waals surface area contributed by atoms with Gasteiger partial charge in [-0.3, -0.25) is 0 Å². The van der Waals surface area contributed by atoms with Crippen LogP contribution >= 0.6 is 0 Å². The number of aromatic nitrogens is 2. The molecule has 96 valence electrons. The molecule has 1 heterocycles. The number of halogens is 1. The summed E-state index contributed by atoms with van der Waals surface area (Å²) < 4.78 is 13.5. The van der Waals surface area contributed by atoms with Crippen LogP contribution in [0.25, 0.3) is 11.0 Å². The number of carboxylic acids is 1. The van der Waals surface area contributed by atoms with Crippen molar-refractivity contribution < 1.29 is 14.3 Å². The molecule has 0 saturated heterocycles. The summed E-state index contributed by atoms with van der Waals surface area (Å²) in [6, 6.07) is 2.45. The fourth-order valence-electron chi connectivity index (χ4n) is 1.75. The molecule has 0 fully saturated rings. The Balaban J connectivity index is 2.55. The van der Waals surface area contributed by atoms with Crippen molar-refractivity contribution in [3.05, 3.63) is 29.3 Å². The number of hydrogen-bond donors (Lipinski definition) is 2. The van der Waals surface area contributed by atoms with Crippen molar-refractivity contribution in [2.24, 2.45) is 5.92 Å². The number of hydrogen-bond acceptors (Lipinski definition) is 2. The van der Waals surface area contributed by atoms with Crippen LogP contribution in [0.4, 0.5) is 4.39 Å². The number of rotatable bonds is 3. The van der Waals surface area contributed by atoms with E-state index in [4.69, 9.17) is 5.11 Å². The number of imidazole rings is 1. The lowest BCUT2D eigenvalue weighted by Gasteiger charge is -2.11. The molecule has 0 aliphatic carbocycles. The molecule has 2 rings (SSSR count). The third-order valence-electron chi connectivity index (χ3n) is 3.25. The zero-order chi connectivity index (χ0) is 13.4. The predicted octanol–water partition coefficient (Wildman–Crippen LogP) is 3.16. The van der Waals surface area contributed by atoms with Crippen molar-refractivity contribution in [2.75, 3.05) is 0 Å². The van der Waals surface area contributed by atoms with Crippen LogP contribution < -0.4 is 0 Å². The number of fused-ring (bicyclic) bond motifs is 1. The number of H-pyrrole nitrogens is 1.